The molecule has 0 aromatic rings. The highest BCUT2D eigenvalue weighted by atomic mass is 127. The first-order valence-corrected chi connectivity index (χ1v) is 13.1. The number of carbonyl (C=O) groups excluding carboxylic acids is 2. The van der Waals surface area contributed by atoms with Gasteiger partial charge in [-0.1, -0.05) is 64.0 Å². The van der Waals surface area contributed by atoms with Crippen molar-refractivity contribution in [3.63, 3.8) is 0 Å². The first-order chi connectivity index (χ1) is 13.2. The molecule has 3 nitrogen and oxygen atoms in total. The number of hydrogen-bond acceptors (Lipinski definition) is 3. The van der Waals surface area contributed by atoms with Crippen molar-refractivity contribution in [1.82, 2.24) is 0 Å². The van der Waals surface area contributed by atoms with Crippen molar-refractivity contribution in [2.75, 3.05) is 4.43 Å². The maximum absolute atomic E-state index is 12.9. The maximum atomic E-state index is 12.9. The maximum Gasteiger partial charge on any atom is 0.302 e. The molecule has 156 valence electrons. The fourth-order valence-corrected chi connectivity index (χ4v) is 9.55. The number of alkyl halides is 2. The van der Waals surface area contributed by atoms with E-state index in [1.165, 1.54) is 25.3 Å². The van der Waals surface area contributed by atoms with E-state index in [9.17, 15) is 9.59 Å². The molecule has 0 spiro atoms. The highest BCUT2D eigenvalue weighted by Gasteiger charge is 2.65. The van der Waals surface area contributed by atoms with Gasteiger partial charge in [0.15, 0.2) is 5.78 Å². The third-order valence-electron chi connectivity index (χ3n) is 9.05. The van der Waals surface area contributed by atoms with Crippen LogP contribution in [0.5, 0.6) is 0 Å². The van der Waals surface area contributed by atoms with Crippen molar-refractivity contribution >= 4 is 50.3 Å². The van der Waals surface area contributed by atoms with E-state index in [0.717, 1.165) is 38.5 Å². The number of fused-ring (bicyclic) bond motifs is 5. The summed E-state index contributed by atoms with van der Waals surface area (Å²) < 4.78 is 5.82. The summed E-state index contributed by atoms with van der Waals surface area (Å²) in [7, 11) is 0. The Kier molecular flexibility index (Phi) is 5.60. The molecule has 0 bridgehead atoms. The molecule has 0 aliphatic heterocycles. The number of carbonyl (C=O) groups is 2. The average Bonchev–Trinajstić information content (AvgIpc) is 2.93. The van der Waals surface area contributed by atoms with E-state index in [4.69, 9.17) is 4.74 Å². The van der Waals surface area contributed by atoms with Gasteiger partial charge in [0, 0.05) is 13.3 Å². The third-order valence-corrected chi connectivity index (χ3v) is 11.5. The quantitative estimate of drug-likeness (QED) is 0.183. The molecule has 3 saturated carbocycles. The lowest BCUT2D eigenvalue weighted by atomic mass is 9.47. The largest absolute Gasteiger partial charge is 0.462 e. The molecule has 3 fully saturated rings. The molecular formula is C23H32BrIO3. The lowest BCUT2D eigenvalue weighted by Crippen LogP contribution is -2.55. The zero-order valence-corrected chi connectivity index (χ0v) is 21.0. The number of ether oxygens (including phenoxy) is 1. The van der Waals surface area contributed by atoms with Gasteiger partial charge in [0.2, 0.25) is 0 Å². The van der Waals surface area contributed by atoms with Crippen LogP contribution >= 0.6 is 38.5 Å². The van der Waals surface area contributed by atoms with Crippen molar-refractivity contribution < 1.29 is 14.3 Å². The minimum absolute atomic E-state index is 0.0604. The number of esters is 1. The normalized spacial score (nSPS) is 47.4. The van der Waals surface area contributed by atoms with Crippen LogP contribution in [-0.2, 0) is 14.3 Å². The summed E-state index contributed by atoms with van der Waals surface area (Å²) in [5.74, 6) is 2.23. The van der Waals surface area contributed by atoms with Crippen LogP contribution in [0, 0.1) is 28.6 Å². The molecule has 0 amide bonds. The molecule has 5 heteroatoms. The van der Waals surface area contributed by atoms with E-state index in [0.29, 0.717) is 28.0 Å². The number of allylic oxidation sites excluding steroid dienone is 1. The van der Waals surface area contributed by atoms with Crippen LogP contribution in [0.2, 0.25) is 0 Å². The van der Waals surface area contributed by atoms with Gasteiger partial charge in [-0.15, -0.1) is 0 Å². The molecule has 4 rings (SSSR count). The Hall–Kier alpha value is 0.0900. The molecule has 0 saturated heterocycles. The molecule has 0 radical (unpaired) electrons. The lowest BCUT2D eigenvalue weighted by molar-refractivity contribution is -0.148. The Morgan fingerprint density at radius 3 is 2.57 bits per heavy atom. The van der Waals surface area contributed by atoms with Crippen molar-refractivity contribution in [2.45, 2.75) is 82.6 Å². The van der Waals surface area contributed by atoms with E-state index in [1.807, 2.05) is 0 Å². The summed E-state index contributed by atoms with van der Waals surface area (Å²) in [5.41, 5.74) is 1.85. The predicted molar refractivity (Wildman–Crippen MR) is 123 cm³/mol. The summed E-state index contributed by atoms with van der Waals surface area (Å²) in [4.78, 5) is 24.3. The first kappa shape index (κ1) is 21.3. The number of Topliss-reactive ketones (excluding diaryl/α,β-unsaturated/α-hetero) is 1. The van der Waals surface area contributed by atoms with Crippen LogP contribution in [0.3, 0.4) is 0 Å². The van der Waals surface area contributed by atoms with E-state index < -0.39 is 0 Å². The van der Waals surface area contributed by atoms with Crippen LogP contribution in [-0.4, -0.2) is 26.6 Å². The van der Waals surface area contributed by atoms with E-state index in [2.05, 4.69) is 58.4 Å². The van der Waals surface area contributed by atoms with E-state index in [1.54, 1.807) is 0 Å². The smallest absolute Gasteiger partial charge is 0.302 e. The van der Waals surface area contributed by atoms with Gasteiger partial charge in [-0.25, -0.2) is 0 Å². The topological polar surface area (TPSA) is 43.4 Å². The minimum atomic E-state index is -0.325. The molecule has 28 heavy (non-hydrogen) atoms. The molecule has 0 N–H and O–H groups in total. The van der Waals surface area contributed by atoms with E-state index in [-0.39, 0.29) is 27.2 Å². The SMILES string of the molecule is CC(=O)O[C@H]1CC[C@@]2(C)C(=CC[C@@H]3[C@@H]2CC[C@@]2(C)[C@H]3CCC2(Br)C(=O)CI)C1. The van der Waals surface area contributed by atoms with Gasteiger partial charge in [-0.2, -0.15) is 0 Å². The second-order valence-corrected chi connectivity index (χ2v) is 12.2. The molecule has 0 aromatic carbocycles. The number of halogens is 2. The highest BCUT2D eigenvalue weighted by Crippen LogP contribution is 2.69. The van der Waals surface area contributed by atoms with Crippen molar-refractivity contribution in [3.8, 4) is 0 Å². The van der Waals surface area contributed by atoms with Gasteiger partial charge in [-0.05, 0) is 73.5 Å². The zero-order valence-electron chi connectivity index (χ0n) is 17.2. The Balaban J connectivity index is 1.60. The predicted octanol–water partition coefficient (Wildman–Crippen LogP) is 6.02. The Morgan fingerprint density at radius 1 is 1.18 bits per heavy atom. The van der Waals surface area contributed by atoms with Crippen LogP contribution in [0.1, 0.15) is 72.1 Å². The van der Waals surface area contributed by atoms with Crippen molar-refractivity contribution in [2.24, 2.45) is 28.6 Å². The Morgan fingerprint density at radius 2 is 1.89 bits per heavy atom. The van der Waals surface area contributed by atoms with Gasteiger partial charge in [0.25, 0.3) is 0 Å². The summed E-state index contributed by atoms with van der Waals surface area (Å²) in [6, 6.07) is 0. The molecule has 0 heterocycles. The average molecular weight is 563 g/mol. The summed E-state index contributed by atoms with van der Waals surface area (Å²) in [6.07, 6.45) is 11.2. The Bertz CT molecular complexity index is 721. The standard InChI is InChI=1S/C23H32BrIO3/c1-14(26)28-16-6-9-21(2)15(12-16)4-5-17-18(21)7-10-22(3)19(17)8-11-23(22,24)20(27)13-25/h4,16-19H,5-13H2,1-3H3/t16-,17+,18-,19-,21-,22-,23?/m0/s1. The molecule has 7 atom stereocenters. The van der Waals surface area contributed by atoms with E-state index >= 15 is 0 Å². The van der Waals surface area contributed by atoms with Gasteiger partial charge in [0.1, 0.15) is 6.10 Å². The number of hydrogen-bond donors (Lipinski definition) is 0. The minimum Gasteiger partial charge on any atom is -0.462 e. The van der Waals surface area contributed by atoms with Gasteiger partial charge < -0.3 is 4.74 Å². The van der Waals surface area contributed by atoms with Crippen molar-refractivity contribution in [1.29, 1.82) is 0 Å². The summed E-state index contributed by atoms with van der Waals surface area (Å²) in [6.45, 7) is 6.37. The van der Waals surface area contributed by atoms with Crippen molar-refractivity contribution in [3.05, 3.63) is 11.6 Å². The zero-order chi connectivity index (χ0) is 20.3. The van der Waals surface area contributed by atoms with Crippen LogP contribution in [0.4, 0.5) is 0 Å². The summed E-state index contributed by atoms with van der Waals surface area (Å²) in [5, 5.41) is 0. The highest BCUT2D eigenvalue weighted by molar-refractivity contribution is 14.1. The number of rotatable bonds is 3. The summed E-state index contributed by atoms with van der Waals surface area (Å²) >= 11 is 6.21. The molecule has 4 aliphatic carbocycles. The fraction of sp³-hybridized carbons (Fsp3) is 0.826. The second kappa shape index (κ2) is 7.35. The first-order valence-electron chi connectivity index (χ1n) is 10.8. The van der Waals surface area contributed by atoms with Gasteiger partial charge in [0.05, 0.1) is 8.75 Å². The molecule has 1 unspecified atom stereocenters. The molecule has 0 aromatic heterocycles. The molecule has 4 aliphatic rings. The van der Waals surface area contributed by atoms with Gasteiger partial charge >= 0.3 is 5.97 Å². The second-order valence-electron chi connectivity index (χ2n) is 10.1. The van der Waals surface area contributed by atoms with Crippen LogP contribution in [0.25, 0.3) is 0 Å². The van der Waals surface area contributed by atoms with Crippen LogP contribution < -0.4 is 0 Å². The monoisotopic (exact) mass is 562 g/mol. The van der Waals surface area contributed by atoms with Crippen LogP contribution in [0.15, 0.2) is 11.6 Å². The Labute approximate surface area is 191 Å². The van der Waals surface area contributed by atoms with Gasteiger partial charge in [-0.3, -0.25) is 9.59 Å². The molecular weight excluding hydrogens is 531 g/mol. The third kappa shape index (κ3) is 2.99. The fourth-order valence-electron chi connectivity index (χ4n) is 7.51. The number of ketones is 1. The lowest BCUT2D eigenvalue weighted by Gasteiger charge is -2.59.